The summed E-state index contributed by atoms with van der Waals surface area (Å²) in [6, 6.07) is 10.6. The minimum Gasteiger partial charge on any atom is -0.439 e. The second-order valence-corrected chi connectivity index (χ2v) is 4.17. The molecule has 0 aliphatic rings. The molecule has 21 heavy (non-hydrogen) atoms. The Morgan fingerprint density at radius 3 is 2.67 bits per heavy atom. The average molecular weight is 284 g/mol. The summed E-state index contributed by atoms with van der Waals surface area (Å²) in [4.78, 5) is 25.0. The summed E-state index contributed by atoms with van der Waals surface area (Å²) < 4.78 is 10.5. The maximum atomic E-state index is 11.2. The van der Waals surface area contributed by atoms with Crippen molar-refractivity contribution in [3.63, 3.8) is 0 Å². The van der Waals surface area contributed by atoms with Gasteiger partial charge in [0.2, 0.25) is 5.88 Å². The predicted octanol–water partition coefficient (Wildman–Crippen LogP) is 2.89. The predicted molar refractivity (Wildman–Crippen MR) is 73.4 cm³/mol. The number of benzene rings is 1. The van der Waals surface area contributed by atoms with Gasteiger partial charge < -0.3 is 9.15 Å². The number of hydrogen-bond acceptors (Lipinski definition) is 6. The Morgan fingerprint density at radius 1 is 1.14 bits per heavy atom. The molecule has 2 aromatic heterocycles. The van der Waals surface area contributed by atoms with E-state index >= 15 is 0 Å². The van der Waals surface area contributed by atoms with Gasteiger partial charge in [0, 0.05) is 29.7 Å². The monoisotopic (exact) mass is 284 g/mol. The summed E-state index contributed by atoms with van der Waals surface area (Å²) in [6.45, 7) is 0. The zero-order chi connectivity index (χ0) is 14.8. The van der Waals surface area contributed by atoms with Crippen LogP contribution >= 0.6 is 0 Å². The number of aromatic nitrogens is 1. The van der Waals surface area contributed by atoms with Gasteiger partial charge in [-0.25, -0.2) is 9.78 Å². The van der Waals surface area contributed by atoms with Crippen molar-refractivity contribution in [1.29, 1.82) is 0 Å². The molecule has 7 nitrogen and oxygen atoms in total. The van der Waals surface area contributed by atoms with Crippen LogP contribution in [0.4, 0.5) is 5.69 Å². The first-order valence-corrected chi connectivity index (χ1v) is 5.94. The molecule has 0 saturated heterocycles. The van der Waals surface area contributed by atoms with Gasteiger partial charge in [0.25, 0.3) is 5.69 Å². The highest BCUT2D eigenvalue weighted by molar-refractivity contribution is 5.77. The fraction of sp³-hybridized carbons (Fsp3) is 0. The van der Waals surface area contributed by atoms with Crippen LogP contribution in [0.2, 0.25) is 0 Å². The zero-order valence-corrected chi connectivity index (χ0v) is 10.6. The van der Waals surface area contributed by atoms with Gasteiger partial charge in [0.1, 0.15) is 17.5 Å². The van der Waals surface area contributed by atoms with Crippen molar-refractivity contribution in [2.75, 3.05) is 0 Å². The summed E-state index contributed by atoms with van der Waals surface area (Å²) in [6.07, 6.45) is 1.11. The van der Waals surface area contributed by atoms with Crippen molar-refractivity contribution in [2.24, 2.45) is 0 Å². The summed E-state index contributed by atoms with van der Waals surface area (Å²) in [5.41, 5.74) is -0.179. The van der Waals surface area contributed by atoms with Crippen molar-refractivity contribution in [2.45, 2.75) is 0 Å². The quantitative estimate of drug-likeness (QED) is 0.417. The Bertz CT molecular complexity index is 870. The van der Waals surface area contributed by atoms with Gasteiger partial charge in [-0.1, -0.05) is 0 Å². The van der Waals surface area contributed by atoms with E-state index in [4.69, 9.17) is 9.15 Å². The molecule has 0 N–H and O–H groups in total. The highest BCUT2D eigenvalue weighted by Crippen LogP contribution is 2.24. The van der Waals surface area contributed by atoms with Crippen LogP contribution in [-0.4, -0.2) is 9.91 Å². The van der Waals surface area contributed by atoms with E-state index < -0.39 is 10.5 Å². The molecule has 7 heteroatoms. The highest BCUT2D eigenvalue weighted by atomic mass is 16.6. The zero-order valence-electron chi connectivity index (χ0n) is 10.6. The summed E-state index contributed by atoms with van der Waals surface area (Å²) >= 11 is 0. The smallest absolute Gasteiger partial charge is 0.336 e. The van der Waals surface area contributed by atoms with E-state index in [1.54, 1.807) is 24.3 Å². The molecule has 0 bridgehead atoms. The van der Waals surface area contributed by atoms with Crippen LogP contribution < -0.4 is 10.4 Å². The number of ether oxygens (including phenoxy) is 1. The molecule has 3 aromatic rings. The minimum absolute atomic E-state index is 0.119. The molecule has 0 fully saturated rings. The molecule has 0 aliphatic heterocycles. The van der Waals surface area contributed by atoms with E-state index in [2.05, 4.69) is 4.98 Å². The topological polar surface area (TPSA) is 95.5 Å². The third-order valence-electron chi connectivity index (χ3n) is 2.75. The molecule has 0 radical (unpaired) electrons. The highest BCUT2D eigenvalue weighted by Gasteiger charge is 2.07. The molecule has 3 rings (SSSR count). The van der Waals surface area contributed by atoms with Crippen LogP contribution in [-0.2, 0) is 0 Å². The minimum atomic E-state index is -0.540. The molecule has 0 aliphatic carbocycles. The van der Waals surface area contributed by atoms with Crippen LogP contribution in [0.15, 0.2) is 57.9 Å². The third-order valence-corrected chi connectivity index (χ3v) is 2.75. The van der Waals surface area contributed by atoms with Crippen molar-refractivity contribution >= 4 is 16.7 Å². The summed E-state index contributed by atoms with van der Waals surface area (Å²) in [5.74, 6) is 0.622. The van der Waals surface area contributed by atoms with E-state index in [1.807, 2.05) is 0 Å². The number of rotatable bonds is 3. The van der Waals surface area contributed by atoms with Crippen molar-refractivity contribution < 1.29 is 14.1 Å². The Balaban J connectivity index is 1.90. The van der Waals surface area contributed by atoms with E-state index in [1.165, 1.54) is 18.2 Å². The standard InChI is InChI=1S/C14H8N2O5/c17-14-6-2-9-1-4-11(7-12(9)21-14)20-13-5-3-10(8-15-13)16(18)19/h1-8H. The molecular weight excluding hydrogens is 276 g/mol. The summed E-state index contributed by atoms with van der Waals surface area (Å²) in [7, 11) is 0. The number of fused-ring (bicyclic) bond motifs is 1. The first kappa shape index (κ1) is 12.8. The lowest BCUT2D eigenvalue weighted by atomic mass is 10.2. The maximum Gasteiger partial charge on any atom is 0.336 e. The SMILES string of the molecule is O=c1ccc2ccc(Oc3ccc([N+](=O)[O-])cn3)cc2o1. The molecule has 0 saturated carbocycles. The van der Waals surface area contributed by atoms with Crippen molar-refractivity contribution in [3.8, 4) is 11.6 Å². The average Bonchev–Trinajstić information content (AvgIpc) is 2.47. The van der Waals surface area contributed by atoms with E-state index in [-0.39, 0.29) is 11.6 Å². The first-order chi connectivity index (χ1) is 10.1. The van der Waals surface area contributed by atoms with Crippen LogP contribution in [0.1, 0.15) is 0 Å². The van der Waals surface area contributed by atoms with E-state index in [0.29, 0.717) is 11.3 Å². The Hall–Kier alpha value is -3.22. The number of nitro groups is 1. The van der Waals surface area contributed by atoms with Crippen LogP contribution in [0.25, 0.3) is 11.0 Å². The molecule has 0 unspecified atom stereocenters. The van der Waals surface area contributed by atoms with Crippen molar-refractivity contribution in [3.05, 3.63) is 69.2 Å². The summed E-state index contributed by atoms with van der Waals surface area (Å²) in [5, 5.41) is 11.3. The third kappa shape index (κ3) is 2.71. The molecular formula is C14H8N2O5. The van der Waals surface area contributed by atoms with E-state index in [9.17, 15) is 14.9 Å². The Morgan fingerprint density at radius 2 is 1.95 bits per heavy atom. The second kappa shape index (κ2) is 5.04. The van der Waals surface area contributed by atoms with Crippen LogP contribution in [0.5, 0.6) is 11.6 Å². The van der Waals surface area contributed by atoms with Gasteiger partial charge in [0.05, 0.1) is 4.92 Å². The Kier molecular flexibility index (Phi) is 3.07. The molecule has 0 amide bonds. The fourth-order valence-electron chi connectivity index (χ4n) is 1.77. The first-order valence-electron chi connectivity index (χ1n) is 5.94. The number of pyridine rings is 1. The van der Waals surface area contributed by atoms with Gasteiger partial charge in [-0.15, -0.1) is 0 Å². The lowest BCUT2D eigenvalue weighted by Crippen LogP contribution is -1.95. The lowest BCUT2D eigenvalue weighted by molar-refractivity contribution is -0.385. The molecule has 2 heterocycles. The van der Waals surface area contributed by atoms with Crippen LogP contribution in [0, 0.1) is 10.1 Å². The molecule has 0 atom stereocenters. The number of hydrogen-bond donors (Lipinski definition) is 0. The normalized spacial score (nSPS) is 10.5. The fourth-order valence-corrected chi connectivity index (χ4v) is 1.77. The van der Waals surface area contributed by atoms with Gasteiger partial charge in [-0.05, 0) is 18.2 Å². The van der Waals surface area contributed by atoms with Gasteiger partial charge in [0.15, 0.2) is 0 Å². The number of nitrogens with zero attached hydrogens (tertiary/aromatic N) is 2. The molecule has 0 spiro atoms. The Labute approximate surface area is 117 Å². The van der Waals surface area contributed by atoms with Crippen LogP contribution in [0.3, 0.4) is 0 Å². The largest absolute Gasteiger partial charge is 0.439 e. The lowest BCUT2D eigenvalue weighted by Gasteiger charge is -2.04. The van der Waals surface area contributed by atoms with Gasteiger partial charge >= 0.3 is 5.63 Å². The van der Waals surface area contributed by atoms with Crippen molar-refractivity contribution in [1.82, 2.24) is 4.98 Å². The van der Waals surface area contributed by atoms with Gasteiger partial charge in [-0.3, -0.25) is 10.1 Å². The molecule has 104 valence electrons. The van der Waals surface area contributed by atoms with Gasteiger partial charge in [-0.2, -0.15) is 0 Å². The second-order valence-electron chi connectivity index (χ2n) is 4.17. The molecule has 1 aromatic carbocycles. The van der Waals surface area contributed by atoms with E-state index in [0.717, 1.165) is 11.6 Å². The maximum absolute atomic E-state index is 11.2.